The van der Waals surface area contributed by atoms with Crippen LogP contribution in [0.2, 0.25) is 0 Å². The summed E-state index contributed by atoms with van der Waals surface area (Å²) in [6, 6.07) is 2.17. The predicted octanol–water partition coefficient (Wildman–Crippen LogP) is 2.90. The molecule has 1 N–H and O–H groups in total. The third-order valence-electron chi connectivity index (χ3n) is 2.61. The Morgan fingerprint density at radius 3 is 2.75 bits per heavy atom. The highest BCUT2D eigenvalue weighted by atomic mass is 32.1. The van der Waals surface area contributed by atoms with Crippen molar-refractivity contribution in [2.45, 2.75) is 38.2 Å². The molecule has 1 aliphatic carbocycles. The number of hydrogen-bond acceptors (Lipinski definition) is 2. The molecule has 1 saturated carbocycles. The van der Waals surface area contributed by atoms with E-state index in [1.807, 2.05) is 11.3 Å². The fourth-order valence-corrected chi connectivity index (χ4v) is 2.98. The maximum atomic E-state index is 8.90. The lowest BCUT2D eigenvalue weighted by Crippen LogP contribution is -1.86. The molecule has 0 radical (unpaired) electrons. The van der Waals surface area contributed by atoms with Gasteiger partial charge in [0.2, 0.25) is 0 Å². The summed E-state index contributed by atoms with van der Waals surface area (Å²) in [5.74, 6) is 0.801. The van der Waals surface area contributed by atoms with Crippen LogP contribution in [0.4, 0.5) is 0 Å². The SMILES string of the molecule is OCc1csc(C2CCCC2)c1. The third kappa shape index (κ3) is 1.54. The zero-order valence-electron chi connectivity index (χ0n) is 7.12. The van der Waals surface area contributed by atoms with Crippen molar-refractivity contribution < 1.29 is 5.11 Å². The molecule has 0 bridgehead atoms. The van der Waals surface area contributed by atoms with E-state index in [2.05, 4.69) is 11.4 Å². The highest BCUT2D eigenvalue weighted by Gasteiger charge is 2.18. The van der Waals surface area contributed by atoms with E-state index in [4.69, 9.17) is 5.11 Å². The number of aliphatic hydroxyl groups is 1. The Morgan fingerprint density at radius 1 is 1.42 bits per heavy atom. The minimum atomic E-state index is 0.198. The van der Waals surface area contributed by atoms with Gasteiger partial charge >= 0.3 is 0 Å². The quantitative estimate of drug-likeness (QED) is 0.745. The lowest BCUT2D eigenvalue weighted by atomic mass is 10.1. The highest BCUT2D eigenvalue weighted by Crippen LogP contribution is 2.37. The molecular weight excluding hydrogens is 168 g/mol. The van der Waals surface area contributed by atoms with Crippen molar-refractivity contribution in [2.75, 3.05) is 0 Å². The third-order valence-corrected chi connectivity index (χ3v) is 3.76. The van der Waals surface area contributed by atoms with E-state index in [1.165, 1.54) is 30.6 Å². The molecule has 1 aromatic rings. The van der Waals surface area contributed by atoms with Crippen LogP contribution in [0.5, 0.6) is 0 Å². The molecule has 1 nitrogen and oxygen atoms in total. The molecule has 2 rings (SSSR count). The first-order valence-corrected chi connectivity index (χ1v) is 5.46. The largest absolute Gasteiger partial charge is 0.392 e. The van der Waals surface area contributed by atoms with Crippen molar-refractivity contribution >= 4 is 11.3 Å². The van der Waals surface area contributed by atoms with Gasteiger partial charge in [0.25, 0.3) is 0 Å². The molecule has 0 aromatic carbocycles. The Morgan fingerprint density at radius 2 is 2.17 bits per heavy atom. The predicted molar refractivity (Wildman–Crippen MR) is 51.5 cm³/mol. The van der Waals surface area contributed by atoms with Gasteiger partial charge in [-0.2, -0.15) is 0 Å². The zero-order valence-corrected chi connectivity index (χ0v) is 7.94. The van der Waals surface area contributed by atoms with Crippen LogP contribution in [0.25, 0.3) is 0 Å². The second-order valence-corrected chi connectivity index (χ2v) is 4.44. The Hall–Kier alpha value is -0.340. The molecule has 1 aromatic heterocycles. The van der Waals surface area contributed by atoms with Crippen LogP contribution in [0.3, 0.4) is 0 Å². The second kappa shape index (κ2) is 3.58. The molecule has 0 atom stereocenters. The van der Waals surface area contributed by atoms with Crippen LogP contribution in [0.15, 0.2) is 11.4 Å². The molecule has 0 unspecified atom stereocenters. The Bertz CT molecular complexity index is 248. The van der Waals surface area contributed by atoms with Crippen molar-refractivity contribution in [3.05, 3.63) is 21.9 Å². The molecular formula is C10H14OS. The topological polar surface area (TPSA) is 20.2 Å². The fraction of sp³-hybridized carbons (Fsp3) is 0.600. The van der Waals surface area contributed by atoms with Gasteiger partial charge in [-0.05, 0) is 35.8 Å². The molecule has 2 heteroatoms. The molecule has 0 saturated heterocycles. The van der Waals surface area contributed by atoms with E-state index in [0.29, 0.717) is 0 Å². The average molecular weight is 182 g/mol. The maximum absolute atomic E-state index is 8.90. The van der Waals surface area contributed by atoms with Gasteiger partial charge in [-0.15, -0.1) is 11.3 Å². The normalized spacial score (nSPS) is 18.8. The second-order valence-electron chi connectivity index (χ2n) is 3.50. The number of aliphatic hydroxyl groups excluding tert-OH is 1. The number of thiophene rings is 1. The molecule has 1 fully saturated rings. The summed E-state index contributed by atoms with van der Waals surface area (Å²) in [5.41, 5.74) is 1.09. The van der Waals surface area contributed by atoms with Crippen molar-refractivity contribution in [1.29, 1.82) is 0 Å². The van der Waals surface area contributed by atoms with Crippen LogP contribution in [-0.4, -0.2) is 5.11 Å². The Kier molecular flexibility index (Phi) is 2.47. The van der Waals surface area contributed by atoms with Crippen molar-refractivity contribution in [3.63, 3.8) is 0 Å². The first-order valence-electron chi connectivity index (χ1n) is 4.58. The van der Waals surface area contributed by atoms with Crippen LogP contribution in [0, 0.1) is 0 Å². The lowest BCUT2D eigenvalue weighted by molar-refractivity contribution is 0.282. The van der Waals surface area contributed by atoms with E-state index >= 15 is 0 Å². The van der Waals surface area contributed by atoms with Gasteiger partial charge in [0.05, 0.1) is 6.61 Å². The molecule has 0 amide bonds. The average Bonchev–Trinajstić information content (AvgIpc) is 2.75. The van der Waals surface area contributed by atoms with E-state index in [-0.39, 0.29) is 6.61 Å². The zero-order chi connectivity index (χ0) is 8.39. The van der Waals surface area contributed by atoms with Crippen molar-refractivity contribution in [2.24, 2.45) is 0 Å². The van der Waals surface area contributed by atoms with Gasteiger partial charge in [-0.1, -0.05) is 12.8 Å². The van der Waals surface area contributed by atoms with Gasteiger partial charge in [-0.3, -0.25) is 0 Å². The Balaban J connectivity index is 2.11. The van der Waals surface area contributed by atoms with E-state index in [9.17, 15) is 0 Å². The standard InChI is InChI=1S/C10H14OS/c11-6-8-5-10(12-7-8)9-3-1-2-4-9/h5,7,9,11H,1-4,6H2. The lowest BCUT2D eigenvalue weighted by Gasteiger charge is -2.03. The monoisotopic (exact) mass is 182 g/mol. The summed E-state index contributed by atoms with van der Waals surface area (Å²) in [7, 11) is 0. The summed E-state index contributed by atoms with van der Waals surface area (Å²) in [6.45, 7) is 0.198. The number of hydrogen-bond donors (Lipinski definition) is 1. The van der Waals surface area contributed by atoms with Crippen LogP contribution < -0.4 is 0 Å². The first-order chi connectivity index (χ1) is 5.90. The van der Waals surface area contributed by atoms with Crippen LogP contribution >= 0.6 is 11.3 Å². The van der Waals surface area contributed by atoms with Gasteiger partial charge in [0.1, 0.15) is 0 Å². The van der Waals surface area contributed by atoms with E-state index in [0.717, 1.165) is 11.5 Å². The van der Waals surface area contributed by atoms with E-state index < -0.39 is 0 Å². The molecule has 66 valence electrons. The summed E-state index contributed by atoms with van der Waals surface area (Å²) in [5, 5.41) is 11.0. The van der Waals surface area contributed by atoms with Gasteiger partial charge < -0.3 is 5.11 Å². The van der Waals surface area contributed by atoms with Crippen LogP contribution in [-0.2, 0) is 6.61 Å². The summed E-state index contributed by atoms with van der Waals surface area (Å²) < 4.78 is 0. The Labute approximate surface area is 77.0 Å². The molecule has 0 aliphatic heterocycles. The first kappa shape index (κ1) is 8.27. The van der Waals surface area contributed by atoms with Gasteiger partial charge in [0, 0.05) is 4.88 Å². The van der Waals surface area contributed by atoms with Crippen molar-refractivity contribution in [1.82, 2.24) is 0 Å². The summed E-state index contributed by atoms with van der Waals surface area (Å²) in [4.78, 5) is 1.48. The minimum Gasteiger partial charge on any atom is -0.392 e. The minimum absolute atomic E-state index is 0.198. The van der Waals surface area contributed by atoms with Crippen molar-refractivity contribution in [3.8, 4) is 0 Å². The molecule has 0 spiro atoms. The van der Waals surface area contributed by atoms with Crippen LogP contribution in [0.1, 0.15) is 42.0 Å². The smallest absolute Gasteiger partial charge is 0.0690 e. The summed E-state index contributed by atoms with van der Waals surface area (Å²) >= 11 is 1.81. The van der Waals surface area contributed by atoms with Gasteiger partial charge in [0.15, 0.2) is 0 Å². The van der Waals surface area contributed by atoms with Gasteiger partial charge in [-0.25, -0.2) is 0 Å². The van der Waals surface area contributed by atoms with E-state index in [1.54, 1.807) is 0 Å². The molecule has 12 heavy (non-hydrogen) atoms. The summed E-state index contributed by atoms with van der Waals surface area (Å²) in [6.07, 6.45) is 5.48. The fourth-order valence-electron chi connectivity index (χ4n) is 1.90. The maximum Gasteiger partial charge on any atom is 0.0690 e. The number of rotatable bonds is 2. The molecule has 1 heterocycles. The highest BCUT2D eigenvalue weighted by molar-refractivity contribution is 7.10. The molecule has 1 aliphatic rings.